The zero-order valence-corrected chi connectivity index (χ0v) is 19.4. The molecule has 2 unspecified atom stereocenters. The zero-order chi connectivity index (χ0) is 23.0. The van der Waals surface area contributed by atoms with Gasteiger partial charge in [0.15, 0.2) is 0 Å². The van der Waals surface area contributed by atoms with E-state index in [-0.39, 0.29) is 36.2 Å². The van der Waals surface area contributed by atoms with Gasteiger partial charge in [-0.2, -0.15) is 5.10 Å². The Morgan fingerprint density at radius 1 is 1.34 bits per heavy atom. The average Bonchev–Trinajstić information content (AvgIpc) is 3.28. The number of aryl methyl sites for hydroxylation is 1. The SMILES string of the molecule is COC(=O)C1CC(CC(=O)N2CCc3c(C)nn(Cc4ccc(Cl)cc4F)c3C2)CN1C. The van der Waals surface area contributed by atoms with Crippen molar-refractivity contribution in [3.8, 4) is 0 Å². The lowest BCUT2D eigenvalue weighted by atomic mass is 9.99. The molecule has 0 N–H and O–H groups in total. The minimum atomic E-state index is -0.367. The second-order valence-electron chi connectivity index (χ2n) is 8.75. The molecule has 172 valence electrons. The number of carbonyl (C=O) groups is 2. The molecule has 1 aromatic heterocycles. The maximum absolute atomic E-state index is 14.3. The van der Waals surface area contributed by atoms with Crippen molar-refractivity contribution in [2.75, 3.05) is 27.2 Å². The Labute approximate surface area is 192 Å². The highest BCUT2D eigenvalue weighted by Crippen LogP contribution is 2.28. The number of nitrogens with zero attached hydrogens (tertiary/aromatic N) is 4. The summed E-state index contributed by atoms with van der Waals surface area (Å²) in [5.41, 5.74) is 3.51. The topological polar surface area (TPSA) is 67.7 Å². The summed E-state index contributed by atoms with van der Waals surface area (Å²) in [5, 5.41) is 4.97. The van der Waals surface area contributed by atoms with Crippen LogP contribution in [0, 0.1) is 18.7 Å². The smallest absolute Gasteiger partial charge is 0.323 e. The largest absolute Gasteiger partial charge is 0.468 e. The number of aromatic nitrogens is 2. The number of rotatable bonds is 5. The molecular weight excluding hydrogens is 435 g/mol. The first-order chi connectivity index (χ1) is 15.3. The Balaban J connectivity index is 1.45. The normalized spacial score (nSPS) is 21.0. The second-order valence-corrected chi connectivity index (χ2v) is 9.19. The van der Waals surface area contributed by atoms with E-state index in [9.17, 15) is 14.0 Å². The van der Waals surface area contributed by atoms with Crippen molar-refractivity contribution in [2.24, 2.45) is 5.92 Å². The Morgan fingerprint density at radius 3 is 2.84 bits per heavy atom. The number of hydrogen-bond donors (Lipinski definition) is 0. The lowest BCUT2D eigenvalue weighted by Crippen LogP contribution is -2.38. The van der Waals surface area contributed by atoms with Crippen LogP contribution in [0.5, 0.6) is 0 Å². The molecule has 7 nitrogen and oxygen atoms in total. The lowest BCUT2D eigenvalue weighted by molar-refractivity contribution is -0.145. The first kappa shape index (κ1) is 22.7. The zero-order valence-electron chi connectivity index (χ0n) is 18.6. The quantitative estimate of drug-likeness (QED) is 0.639. The molecule has 0 spiro atoms. The number of halogens is 2. The van der Waals surface area contributed by atoms with Crippen LogP contribution in [0.1, 0.15) is 35.4 Å². The molecule has 0 saturated carbocycles. The van der Waals surface area contributed by atoms with Crippen LogP contribution in [0.15, 0.2) is 18.2 Å². The number of carbonyl (C=O) groups excluding carboxylic acids is 2. The number of ether oxygens (including phenoxy) is 1. The van der Waals surface area contributed by atoms with Crippen LogP contribution in [-0.2, 0) is 33.8 Å². The van der Waals surface area contributed by atoms with E-state index in [4.69, 9.17) is 16.3 Å². The number of likely N-dealkylation sites (tertiary alicyclic amines) is 1. The summed E-state index contributed by atoms with van der Waals surface area (Å²) in [6, 6.07) is 4.35. The number of likely N-dealkylation sites (N-methyl/N-ethyl adjacent to an activating group) is 1. The second kappa shape index (κ2) is 9.19. The van der Waals surface area contributed by atoms with Crippen molar-refractivity contribution in [3.05, 3.63) is 51.6 Å². The fourth-order valence-electron chi connectivity index (χ4n) is 4.87. The van der Waals surface area contributed by atoms with Crippen LogP contribution in [-0.4, -0.2) is 64.7 Å². The number of benzene rings is 1. The average molecular weight is 463 g/mol. The first-order valence-corrected chi connectivity index (χ1v) is 11.2. The molecule has 2 aliphatic heterocycles. The molecule has 1 fully saturated rings. The Bertz CT molecular complexity index is 1040. The molecule has 0 aliphatic carbocycles. The summed E-state index contributed by atoms with van der Waals surface area (Å²) >= 11 is 5.87. The molecule has 1 aromatic carbocycles. The molecule has 1 amide bonds. The molecule has 0 bridgehead atoms. The summed E-state index contributed by atoms with van der Waals surface area (Å²) in [4.78, 5) is 28.8. The summed E-state index contributed by atoms with van der Waals surface area (Å²) in [6.45, 7) is 4.02. The van der Waals surface area contributed by atoms with Crippen molar-refractivity contribution in [1.82, 2.24) is 19.6 Å². The predicted octanol–water partition coefficient (Wildman–Crippen LogP) is 2.80. The Hall–Kier alpha value is -2.45. The monoisotopic (exact) mass is 462 g/mol. The van der Waals surface area contributed by atoms with E-state index in [1.807, 2.05) is 23.8 Å². The van der Waals surface area contributed by atoms with Gasteiger partial charge >= 0.3 is 5.97 Å². The maximum Gasteiger partial charge on any atom is 0.323 e. The van der Waals surface area contributed by atoms with Crippen LogP contribution in [0.2, 0.25) is 5.02 Å². The summed E-state index contributed by atoms with van der Waals surface area (Å²) in [6.07, 6.45) is 1.75. The van der Waals surface area contributed by atoms with Crippen molar-refractivity contribution < 1.29 is 18.7 Å². The highest BCUT2D eigenvalue weighted by Gasteiger charge is 2.37. The van der Waals surface area contributed by atoms with Crippen LogP contribution in [0.4, 0.5) is 4.39 Å². The van der Waals surface area contributed by atoms with Crippen LogP contribution >= 0.6 is 11.6 Å². The Kier molecular flexibility index (Phi) is 6.53. The minimum Gasteiger partial charge on any atom is -0.468 e. The molecule has 2 aromatic rings. The maximum atomic E-state index is 14.3. The summed E-state index contributed by atoms with van der Waals surface area (Å²) in [7, 11) is 3.28. The van der Waals surface area contributed by atoms with E-state index in [1.165, 1.54) is 13.2 Å². The molecule has 32 heavy (non-hydrogen) atoms. The number of methoxy groups -OCH3 is 1. The third-order valence-corrected chi connectivity index (χ3v) is 6.83. The van der Waals surface area contributed by atoms with Gasteiger partial charge in [-0.1, -0.05) is 17.7 Å². The van der Waals surface area contributed by atoms with Gasteiger partial charge in [0.25, 0.3) is 0 Å². The number of hydrogen-bond acceptors (Lipinski definition) is 5. The molecule has 9 heteroatoms. The third-order valence-electron chi connectivity index (χ3n) is 6.60. The van der Waals surface area contributed by atoms with Crippen molar-refractivity contribution in [2.45, 2.75) is 45.3 Å². The standard InChI is InChI=1S/C23H28ClFN4O3/c1-14-18-6-7-28(22(30)9-15-8-20(23(31)32-3)27(2)11-15)13-21(18)29(26-14)12-16-4-5-17(24)10-19(16)25/h4-5,10,15,20H,6-9,11-13H2,1-3H3. The van der Waals surface area contributed by atoms with Gasteiger partial charge in [0.1, 0.15) is 11.9 Å². The van der Waals surface area contributed by atoms with Crippen LogP contribution in [0.25, 0.3) is 0 Å². The summed E-state index contributed by atoms with van der Waals surface area (Å²) in [5.74, 6) is -0.428. The van der Waals surface area contributed by atoms with Gasteiger partial charge in [0.2, 0.25) is 5.91 Å². The number of esters is 1. The molecular formula is C23H28ClFN4O3. The van der Waals surface area contributed by atoms with Crippen molar-refractivity contribution >= 4 is 23.5 Å². The molecule has 4 rings (SSSR count). The van der Waals surface area contributed by atoms with E-state index in [2.05, 4.69) is 5.10 Å². The van der Waals surface area contributed by atoms with Crippen LogP contribution < -0.4 is 0 Å². The van der Waals surface area contributed by atoms with E-state index in [0.29, 0.717) is 43.1 Å². The van der Waals surface area contributed by atoms with Crippen molar-refractivity contribution in [3.63, 3.8) is 0 Å². The van der Waals surface area contributed by atoms with Gasteiger partial charge < -0.3 is 9.64 Å². The summed E-state index contributed by atoms with van der Waals surface area (Å²) < 4.78 is 21.0. The fourth-order valence-corrected chi connectivity index (χ4v) is 5.03. The molecule has 2 atom stereocenters. The van der Waals surface area contributed by atoms with Gasteiger partial charge in [-0.05, 0) is 50.4 Å². The predicted molar refractivity (Wildman–Crippen MR) is 118 cm³/mol. The van der Waals surface area contributed by atoms with E-state index in [1.54, 1.807) is 16.8 Å². The highest BCUT2D eigenvalue weighted by atomic mass is 35.5. The third kappa shape index (κ3) is 4.52. The minimum absolute atomic E-state index is 0.0719. The van der Waals surface area contributed by atoms with Crippen molar-refractivity contribution in [1.29, 1.82) is 0 Å². The molecule has 3 heterocycles. The fraction of sp³-hybridized carbons (Fsp3) is 0.522. The van der Waals surface area contributed by atoms with Gasteiger partial charge in [0.05, 0.1) is 31.6 Å². The van der Waals surface area contributed by atoms with E-state index in [0.717, 1.165) is 23.4 Å². The Morgan fingerprint density at radius 2 is 2.12 bits per heavy atom. The molecule has 1 saturated heterocycles. The van der Waals surface area contributed by atoms with Gasteiger partial charge in [0, 0.05) is 30.1 Å². The van der Waals surface area contributed by atoms with Gasteiger partial charge in [-0.15, -0.1) is 0 Å². The number of fused-ring (bicyclic) bond motifs is 1. The first-order valence-electron chi connectivity index (χ1n) is 10.8. The highest BCUT2D eigenvalue weighted by molar-refractivity contribution is 6.30. The lowest BCUT2D eigenvalue weighted by Gasteiger charge is -2.29. The van der Waals surface area contributed by atoms with Gasteiger partial charge in [-0.3, -0.25) is 19.2 Å². The molecule has 0 radical (unpaired) electrons. The van der Waals surface area contributed by atoms with Gasteiger partial charge in [-0.25, -0.2) is 4.39 Å². The van der Waals surface area contributed by atoms with E-state index < -0.39 is 0 Å². The number of amides is 1. The van der Waals surface area contributed by atoms with E-state index >= 15 is 0 Å². The van der Waals surface area contributed by atoms with Crippen LogP contribution in [0.3, 0.4) is 0 Å². The molecule has 2 aliphatic rings.